The molecule has 0 spiro atoms. The summed E-state index contributed by atoms with van der Waals surface area (Å²) in [7, 11) is 1.44. The maximum absolute atomic E-state index is 12.9. The summed E-state index contributed by atoms with van der Waals surface area (Å²) in [6.45, 7) is 0. The van der Waals surface area contributed by atoms with Crippen LogP contribution in [-0.2, 0) is 9.59 Å². The fraction of sp³-hybridized carbons (Fsp3) is 0.227. The summed E-state index contributed by atoms with van der Waals surface area (Å²) in [5.41, 5.74) is 0.773. The number of rotatable bonds is 10. The van der Waals surface area contributed by atoms with Crippen LogP contribution in [0, 0.1) is 0 Å². The van der Waals surface area contributed by atoms with E-state index in [1.807, 2.05) is 6.26 Å². The number of amides is 2. The van der Waals surface area contributed by atoms with Crippen molar-refractivity contribution in [1.29, 1.82) is 0 Å². The van der Waals surface area contributed by atoms with Crippen LogP contribution >= 0.6 is 27.7 Å². The Morgan fingerprint density at radius 3 is 2.45 bits per heavy atom. The Labute approximate surface area is 193 Å². The first-order valence-electron chi connectivity index (χ1n) is 9.28. The third-order valence-corrected chi connectivity index (χ3v) is 5.40. The maximum atomic E-state index is 12.9. The number of methoxy groups -OCH3 is 1. The molecule has 2 rings (SSSR count). The lowest BCUT2D eigenvalue weighted by Crippen LogP contribution is -2.50. The monoisotopic (exact) mass is 505 g/mol. The largest absolute Gasteiger partial charge is 0.548 e. The van der Waals surface area contributed by atoms with Crippen LogP contribution in [0.3, 0.4) is 0 Å². The zero-order valence-corrected chi connectivity index (χ0v) is 19.4. The first kappa shape index (κ1) is 24.5. The number of hydrogen-bond donors (Lipinski definition) is 2. The summed E-state index contributed by atoms with van der Waals surface area (Å²) < 4.78 is 6.06. The Hall–Kier alpha value is -2.78. The second-order valence-electron chi connectivity index (χ2n) is 6.39. The Morgan fingerprint density at radius 1 is 1.16 bits per heavy atom. The summed E-state index contributed by atoms with van der Waals surface area (Å²) in [4.78, 5) is 37.1. The molecule has 164 valence electrons. The molecular weight excluding hydrogens is 484 g/mol. The summed E-state index contributed by atoms with van der Waals surface area (Å²) >= 11 is 4.80. The van der Waals surface area contributed by atoms with Gasteiger partial charge in [0.05, 0.1) is 24.7 Å². The number of carboxylic acids is 1. The normalized spacial score (nSPS) is 12.0. The highest BCUT2D eigenvalue weighted by Gasteiger charge is 2.20. The number of nitrogens with one attached hydrogen (secondary N) is 2. The van der Waals surface area contributed by atoms with E-state index in [1.54, 1.807) is 48.5 Å². The number of thioether (sulfide) groups is 1. The van der Waals surface area contributed by atoms with Gasteiger partial charge >= 0.3 is 0 Å². The van der Waals surface area contributed by atoms with Gasteiger partial charge in [0, 0.05) is 4.47 Å². The first-order valence-corrected chi connectivity index (χ1v) is 11.5. The molecule has 0 aromatic heterocycles. The topological polar surface area (TPSA) is 108 Å². The molecule has 0 aliphatic carbocycles. The number of benzene rings is 2. The third-order valence-electron chi connectivity index (χ3n) is 4.23. The molecule has 0 heterocycles. The van der Waals surface area contributed by atoms with Gasteiger partial charge in [-0.2, -0.15) is 11.8 Å². The van der Waals surface area contributed by atoms with Crippen molar-refractivity contribution >= 4 is 51.6 Å². The number of para-hydroxylation sites is 1. The van der Waals surface area contributed by atoms with Crippen LogP contribution in [0.25, 0.3) is 6.08 Å². The molecule has 2 N–H and O–H groups in total. The number of aliphatic carboxylic acids is 1. The van der Waals surface area contributed by atoms with Crippen LogP contribution in [0.1, 0.15) is 22.3 Å². The Morgan fingerprint density at radius 2 is 1.84 bits per heavy atom. The third kappa shape index (κ3) is 7.45. The quantitative estimate of drug-likeness (QED) is 0.479. The Balaban J connectivity index is 2.33. The lowest BCUT2D eigenvalue weighted by atomic mass is 10.1. The molecule has 2 aromatic carbocycles. The van der Waals surface area contributed by atoms with Crippen LogP contribution in [0.2, 0.25) is 0 Å². The van der Waals surface area contributed by atoms with E-state index in [2.05, 4.69) is 26.6 Å². The minimum atomic E-state index is -1.39. The molecule has 2 aromatic rings. The van der Waals surface area contributed by atoms with E-state index in [9.17, 15) is 19.5 Å². The summed E-state index contributed by atoms with van der Waals surface area (Å²) in [6, 6.07) is 12.5. The molecule has 0 radical (unpaired) electrons. The molecule has 0 unspecified atom stereocenters. The van der Waals surface area contributed by atoms with E-state index >= 15 is 0 Å². The molecule has 1 atom stereocenters. The molecule has 0 aliphatic heterocycles. The zero-order valence-electron chi connectivity index (χ0n) is 17.0. The first-order chi connectivity index (χ1) is 14.8. The molecule has 0 fully saturated rings. The predicted octanol–water partition coefficient (Wildman–Crippen LogP) is 2.22. The van der Waals surface area contributed by atoms with E-state index in [-0.39, 0.29) is 17.7 Å². The van der Waals surface area contributed by atoms with Crippen LogP contribution in [0.5, 0.6) is 5.75 Å². The highest BCUT2D eigenvalue weighted by Crippen LogP contribution is 2.18. The molecule has 2 amide bonds. The number of carbonyl (C=O) groups is 3. The van der Waals surface area contributed by atoms with Gasteiger partial charge in [0.25, 0.3) is 11.8 Å². The van der Waals surface area contributed by atoms with E-state index < -0.39 is 23.8 Å². The second-order valence-corrected chi connectivity index (χ2v) is 8.29. The minimum Gasteiger partial charge on any atom is -0.548 e. The van der Waals surface area contributed by atoms with Crippen LogP contribution in [0.4, 0.5) is 0 Å². The molecule has 31 heavy (non-hydrogen) atoms. The Bertz CT molecular complexity index is 963. The van der Waals surface area contributed by atoms with Crippen molar-refractivity contribution in [2.75, 3.05) is 19.1 Å². The predicted molar refractivity (Wildman–Crippen MR) is 123 cm³/mol. The average molecular weight is 506 g/mol. The number of carbonyl (C=O) groups excluding carboxylic acids is 3. The van der Waals surface area contributed by atoms with Crippen molar-refractivity contribution in [1.82, 2.24) is 10.6 Å². The number of hydrogen-bond acceptors (Lipinski definition) is 6. The van der Waals surface area contributed by atoms with E-state index in [0.29, 0.717) is 17.1 Å². The smallest absolute Gasteiger partial charge is 0.268 e. The maximum Gasteiger partial charge on any atom is 0.268 e. The van der Waals surface area contributed by atoms with Gasteiger partial charge in [-0.25, -0.2) is 0 Å². The van der Waals surface area contributed by atoms with E-state index in [4.69, 9.17) is 4.74 Å². The summed E-state index contributed by atoms with van der Waals surface area (Å²) in [5.74, 6) is -1.82. The van der Waals surface area contributed by atoms with Crippen molar-refractivity contribution < 1.29 is 24.2 Å². The molecule has 7 nitrogen and oxygen atoms in total. The van der Waals surface area contributed by atoms with Crippen LogP contribution in [-0.4, -0.2) is 42.9 Å². The van der Waals surface area contributed by atoms with Crippen molar-refractivity contribution in [2.45, 2.75) is 12.5 Å². The lowest BCUT2D eigenvalue weighted by molar-refractivity contribution is -0.308. The second kappa shape index (κ2) is 12.2. The lowest BCUT2D eigenvalue weighted by Gasteiger charge is -2.20. The molecule has 0 saturated heterocycles. The van der Waals surface area contributed by atoms with Crippen molar-refractivity contribution in [3.63, 3.8) is 0 Å². The number of halogens is 1. The van der Waals surface area contributed by atoms with Crippen molar-refractivity contribution in [3.05, 3.63) is 69.8 Å². The molecular formula is C22H22BrN2O5S-. The van der Waals surface area contributed by atoms with Crippen molar-refractivity contribution in [3.8, 4) is 5.75 Å². The van der Waals surface area contributed by atoms with Gasteiger partial charge in [0.1, 0.15) is 11.4 Å². The number of carboxylic acid groups (broad SMARTS) is 1. The van der Waals surface area contributed by atoms with Crippen LogP contribution in [0.15, 0.2) is 58.7 Å². The van der Waals surface area contributed by atoms with E-state index in [1.165, 1.54) is 24.9 Å². The highest BCUT2D eigenvalue weighted by molar-refractivity contribution is 9.10. The molecule has 0 saturated carbocycles. The Kier molecular flexibility index (Phi) is 9.61. The van der Waals surface area contributed by atoms with Gasteiger partial charge in [-0.05, 0) is 54.3 Å². The van der Waals surface area contributed by atoms with Gasteiger partial charge < -0.3 is 25.3 Å². The van der Waals surface area contributed by atoms with Crippen molar-refractivity contribution in [2.24, 2.45) is 0 Å². The van der Waals surface area contributed by atoms with Gasteiger partial charge in [0.15, 0.2) is 0 Å². The summed E-state index contributed by atoms with van der Waals surface area (Å²) in [6.07, 6.45) is 3.50. The van der Waals surface area contributed by atoms with Gasteiger partial charge in [-0.3, -0.25) is 9.59 Å². The van der Waals surface area contributed by atoms with Gasteiger partial charge in [-0.1, -0.05) is 40.2 Å². The van der Waals surface area contributed by atoms with Crippen LogP contribution < -0.4 is 20.5 Å². The molecule has 0 bridgehead atoms. The van der Waals surface area contributed by atoms with Gasteiger partial charge in [0.2, 0.25) is 0 Å². The molecule has 0 aliphatic rings. The fourth-order valence-corrected chi connectivity index (χ4v) is 3.36. The number of ether oxygens (including phenoxy) is 1. The zero-order chi connectivity index (χ0) is 22.8. The summed E-state index contributed by atoms with van der Waals surface area (Å²) in [5, 5.41) is 16.4. The fourth-order valence-electron chi connectivity index (χ4n) is 2.63. The standard InChI is InChI=1S/C22H23BrN2O5S/c1-30-19-6-4-3-5-16(19)20(26)25-18(13-14-7-9-15(23)10-8-14)21(27)24-17(22(28)29)11-12-31-2/h3-10,13,17H,11-12H2,1-2H3,(H,24,27)(H,25,26)(H,28,29)/p-1/b18-13+/t17-/m1/s1. The van der Waals surface area contributed by atoms with E-state index in [0.717, 1.165) is 4.47 Å². The highest BCUT2D eigenvalue weighted by atomic mass is 79.9. The van der Waals surface area contributed by atoms with Gasteiger partial charge in [-0.15, -0.1) is 0 Å². The molecule has 9 heteroatoms. The average Bonchev–Trinajstić information content (AvgIpc) is 2.77. The SMILES string of the molecule is COc1ccccc1C(=O)N/C(=C/c1ccc(Br)cc1)C(=O)N[C@H](CCSC)C(=O)[O-]. The minimum absolute atomic E-state index is 0.103.